The maximum atomic E-state index is 11.1. The second-order valence-corrected chi connectivity index (χ2v) is 11.7. The maximum absolute atomic E-state index is 11.1. The van der Waals surface area contributed by atoms with E-state index in [1.807, 2.05) is 0 Å². The Morgan fingerprint density at radius 2 is 1.86 bits per heavy atom. The minimum atomic E-state index is -0.0968. The van der Waals surface area contributed by atoms with Gasteiger partial charge in [-0.05, 0) is 85.9 Å². The van der Waals surface area contributed by atoms with Gasteiger partial charge in [-0.15, -0.1) is 0 Å². The Kier molecular flexibility index (Phi) is 5.69. The van der Waals surface area contributed by atoms with Gasteiger partial charge in [0.05, 0.1) is 6.10 Å². The van der Waals surface area contributed by atoms with Crippen LogP contribution in [0.3, 0.4) is 0 Å². The van der Waals surface area contributed by atoms with E-state index in [-0.39, 0.29) is 11.5 Å². The van der Waals surface area contributed by atoms with Gasteiger partial charge in [-0.25, -0.2) is 0 Å². The lowest BCUT2D eigenvalue weighted by atomic mass is 9.47. The molecule has 4 aliphatic carbocycles. The maximum Gasteiger partial charge on any atom is 0.0602 e. The molecule has 0 bridgehead atoms. The van der Waals surface area contributed by atoms with Crippen molar-refractivity contribution in [1.82, 2.24) is 0 Å². The van der Waals surface area contributed by atoms with Crippen LogP contribution in [0.25, 0.3) is 0 Å². The van der Waals surface area contributed by atoms with E-state index >= 15 is 0 Å². The van der Waals surface area contributed by atoms with Crippen LogP contribution in [0.4, 0.5) is 0 Å². The van der Waals surface area contributed by atoms with E-state index in [1.54, 1.807) is 5.57 Å². The van der Waals surface area contributed by atoms with Crippen LogP contribution in [0, 0.1) is 46.3 Å². The average Bonchev–Trinajstić information content (AvgIpc) is 3.04. The molecule has 162 valence electrons. The largest absolute Gasteiger partial charge is 0.393 e. The Morgan fingerprint density at radius 1 is 1.10 bits per heavy atom. The van der Waals surface area contributed by atoms with Gasteiger partial charge in [0, 0.05) is 5.41 Å². The molecule has 0 aliphatic heterocycles. The highest BCUT2D eigenvalue weighted by molar-refractivity contribution is 5.29. The van der Waals surface area contributed by atoms with Gasteiger partial charge < -0.3 is 5.11 Å². The second-order valence-electron chi connectivity index (χ2n) is 11.7. The highest BCUT2D eigenvalue weighted by atomic mass is 16.3. The second kappa shape index (κ2) is 7.70. The Labute approximate surface area is 179 Å². The van der Waals surface area contributed by atoms with E-state index in [1.165, 1.54) is 50.5 Å². The van der Waals surface area contributed by atoms with Crippen LogP contribution < -0.4 is 0 Å². The van der Waals surface area contributed by atoms with Gasteiger partial charge in [-0.3, -0.25) is 0 Å². The average molecular weight is 397 g/mol. The van der Waals surface area contributed by atoms with E-state index in [2.05, 4.69) is 59.4 Å². The normalized spacial score (nSPS) is 45.5. The molecule has 3 saturated carbocycles. The summed E-state index contributed by atoms with van der Waals surface area (Å²) in [6, 6.07) is 0. The van der Waals surface area contributed by atoms with Gasteiger partial charge in [0.25, 0.3) is 0 Å². The molecule has 0 spiro atoms. The van der Waals surface area contributed by atoms with Gasteiger partial charge in [-0.1, -0.05) is 77.0 Å². The Hall–Kier alpha value is -0.820. The number of aliphatic hydroxyl groups is 1. The number of rotatable bonds is 4. The number of allylic oxidation sites excluding steroid dienone is 5. The lowest BCUT2D eigenvalue weighted by molar-refractivity contribution is -0.0954. The number of fused-ring (bicyclic) bond motifs is 5. The van der Waals surface area contributed by atoms with Crippen molar-refractivity contribution in [2.75, 3.05) is 0 Å². The zero-order valence-corrected chi connectivity index (χ0v) is 19.6. The molecule has 8 atom stereocenters. The van der Waals surface area contributed by atoms with Gasteiger partial charge in [0.2, 0.25) is 0 Å². The summed E-state index contributed by atoms with van der Waals surface area (Å²) in [6.45, 7) is 16.2. The third-order valence-electron chi connectivity index (χ3n) is 10.2. The standard InChI is InChI=1S/C28H44O/c1-18(2)19(3)10-11-20(4)23-14-15-24-22-13-12-21-8-7-9-26(29)28(21,6)25(22)16-17-27(23,24)5/h10-11,13,18,20-21,23-26,29H,3,7-9,12,14-17H2,1-2,4-6H3/b11-10+/t20-,21?,23-,24+,25+,26?,27-,28+/m1/s1. The number of aliphatic hydroxyl groups excluding tert-OH is 1. The van der Waals surface area contributed by atoms with Gasteiger partial charge in [-0.2, -0.15) is 0 Å². The molecule has 29 heavy (non-hydrogen) atoms. The summed E-state index contributed by atoms with van der Waals surface area (Å²) in [5.41, 5.74) is 3.56. The first kappa shape index (κ1) is 21.4. The molecule has 4 rings (SSSR count). The van der Waals surface area contributed by atoms with Crippen LogP contribution >= 0.6 is 0 Å². The summed E-state index contributed by atoms with van der Waals surface area (Å²) in [5, 5.41) is 11.1. The van der Waals surface area contributed by atoms with Crippen molar-refractivity contribution in [2.24, 2.45) is 46.3 Å². The van der Waals surface area contributed by atoms with Crippen molar-refractivity contribution in [3.63, 3.8) is 0 Å². The van der Waals surface area contributed by atoms with Crippen LogP contribution in [0.15, 0.2) is 36.0 Å². The number of hydrogen-bond donors (Lipinski definition) is 1. The number of hydrogen-bond acceptors (Lipinski definition) is 1. The predicted octanol–water partition coefficient (Wildman–Crippen LogP) is 7.33. The van der Waals surface area contributed by atoms with Crippen LogP contribution in [-0.2, 0) is 0 Å². The summed E-state index contributed by atoms with van der Waals surface area (Å²) in [5.74, 6) is 3.98. The van der Waals surface area contributed by atoms with E-state index in [0.29, 0.717) is 29.1 Å². The van der Waals surface area contributed by atoms with E-state index in [9.17, 15) is 5.11 Å². The molecule has 0 heterocycles. The van der Waals surface area contributed by atoms with E-state index in [4.69, 9.17) is 0 Å². The quantitative estimate of drug-likeness (QED) is 0.389. The molecule has 1 N–H and O–H groups in total. The summed E-state index contributed by atoms with van der Waals surface area (Å²) in [6.07, 6.45) is 17.4. The highest BCUT2D eigenvalue weighted by Crippen LogP contribution is 2.66. The zero-order chi connectivity index (χ0) is 21.0. The fourth-order valence-corrected chi connectivity index (χ4v) is 8.07. The molecule has 4 aliphatic rings. The SMILES string of the molecule is C=C(/C=C/[C@@H](C)[C@H]1CC[C@H]2C3=CCC4CCCC(O)[C@]4(C)[C@H]3CC[C@]12C)C(C)C. The first-order valence-electron chi connectivity index (χ1n) is 12.4. The smallest absolute Gasteiger partial charge is 0.0602 e. The van der Waals surface area contributed by atoms with Crippen molar-refractivity contribution in [1.29, 1.82) is 0 Å². The molecule has 0 aromatic carbocycles. The van der Waals surface area contributed by atoms with Crippen LogP contribution in [0.2, 0.25) is 0 Å². The molecule has 1 heteroatoms. The van der Waals surface area contributed by atoms with Crippen molar-refractivity contribution >= 4 is 0 Å². The highest BCUT2D eigenvalue weighted by Gasteiger charge is 2.59. The molecule has 0 aromatic rings. The lowest BCUT2D eigenvalue weighted by Crippen LogP contribution is -2.54. The fraction of sp³-hybridized carbons (Fsp3) is 0.786. The molecule has 0 saturated heterocycles. The lowest BCUT2D eigenvalue weighted by Gasteiger charge is -2.58. The first-order chi connectivity index (χ1) is 13.7. The zero-order valence-electron chi connectivity index (χ0n) is 19.6. The van der Waals surface area contributed by atoms with Crippen LogP contribution in [0.1, 0.15) is 86.0 Å². The minimum absolute atomic E-state index is 0.0968. The molecule has 2 unspecified atom stereocenters. The van der Waals surface area contributed by atoms with Gasteiger partial charge in [0.15, 0.2) is 0 Å². The third-order valence-corrected chi connectivity index (χ3v) is 10.2. The van der Waals surface area contributed by atoms with Gasteiger partial charge >= 0.3 is 0 Å². The van der Waals surface area contributed by atoms with E-state index in [0.717, 1.165) is 18.3 Å². The predicted molar refractivity (Wildman–Crippen MR) is 123 cm³/mol. The molecule has 0 amide bonds. The summed E-state index contributed by atoms with van der Waals surface area (Å²) in [7, 11) is 0. The van der Waals surface area contributed by atoms with Crippen molar-refractivity contribution in [2.45, 2.75) is 92.1 Å². The van der Waals surface area contributed by atoms with Crippen molar-refractivity contribution < 1.29 is 5.11 Å². The minimum Gasteiger partial charge on any atom is -0.393 e. The molecule has 0 aromatic heterocycles. The molecule has 1 nitrogen and oxygen atoms in total. The Balaban J connectivity index is 1.57. The monoisotopic (exact) mass is 396 g/mol. The van der Waals surface area contributed by atoms with Crippen molar-refractivity contribution in [3.8, 4) is 0 Å². The summed E-state index contributed by atoms with van der Waals surface area (Å²) in [4.78, 5) is 0. The molecular weight excluding hydrogens is 352 g/mol. The molecule has 3 fully saturated rings. The third kappa shape index (κ3) is 3.31. The first-order valence-corrected chi connectivity index (χ1v) is 12.4. The topological polar surface area (TPSA) is 20.2 Å². The van der Waals surface area contributed by atoms with Gasteiger partial charge in [0.1, 0.15) is 0 Å². The Morgan fingerprint density at radius 3 is 2.59 bits per heavy atom. The van der Waals surface area contributed by atoms with Crippen LogP contribution in [-0.4, -0.2) is 11.2 Å². The summed E-state index contributed by atoms with van der Waals surface area (Å²) < 4.78 is 0. The van der Waals surface area contributed by atoms with Crippen molar-refractivity contribution in [3.05, 3.63) is 36.0 Å². The Bertz CT molecular complexity index is 699. The fourth-order valence-electron chi connectivity index (χ4n) is 8.07. The van der Waals surface area contributed by atoms with Crippen LogP contribution in [0.5, 0.6) is 0 Å². The molecule has 0 radical (unpaired) electrons. The van der Waals surface area contributed by atoms with E-state index < -0.39 is 0 Å². The molecular formula is C28H44O. The summed E-state index contributed by atoms with van der Waals surface area (Å²) >= 11 is 0.